The molecule has 0 unspecified atom stereocenters. The number of halogens is 4. The van der Waals surface area contributed by atoms with E-state index in [-0.39, 0.29) is 16.5 Å². The van der Waals surface area contributed by atoms with Crippen LogP contribution in [0.4, 0.5) is 19.0 Å². The van der Waals surface area contributed by atoms with E-state index < -0.39 is 23.0 Å². The Morgan fingerprint density at radius 1 is 1.08 bits per heavy atom. The molecular formula is C15H13ClF3N5. The monoisotopic (exact) mass is 355 g/mol. The highest BCUT2D eigenvalue weighted by Gasteiger charge is 2.27. The molecule has 0 spiro atoms. The molecule has 0 saturated heterocycles. The summed E-state index contributed by atoms with van der Waals surface area (Å²) in [4.78, 5) is 9.75. The first-order valence-corrected chi connectivity index (χ1v) is 7.65. The highest BCUT2D eigenvalue weighted by Crippen LogP contribution is 2.39. The van der Waals surface area contributed by atoms with E-state index in [1.807, 2.05) is 13.8 Å². The fourth-order valence-corrected chi connectivity index (χ4v) is 2.84. The molecule has 0 fully saturated rings. The first-order chi connectivity index (χ1) is 11.5. The van der Waals surface area contributed by atoms with Gasteiger partial charge in [0.05, 0.1) is 11.1 Å². The smallest absolute Gasteiger partial charge is 0.255 e. The molecule has 0 atom stereocenters. The molecule has 126 valence electrons. The molecule has 2 aromatic heterocycles. The number of benzene rings is 1. The Labute approximate surface area is 140 Å². The number of rotatable bonds is 4. The van der Waals surface area contributed by atoms with Crippen molar-refractivity contribution in [3.8, 4) is 11.1 Å². The first-order valence-electron chi connectivity index (χ1n) is 7.27. The summed E-state index contributed by atoms with van der Waals surface area (Å²) in [6.45, 7) is 4.75. The van der Waals surface area contributed by atoms with Gasteiger partial charge in [0.1, 0.15) is 23.1 Å². The second-order valence-electron chi connectivity index (χ2n) is 4.96. The van der Waals surface area contributed by atoms with Crippen molar-refractivity contribution in [3.05, 3.63) is 41.1 Å². The van der Waals surface area contributed by atoms with Gasteiger partial charge in [-0.25, -0.2) is 13.2 Å². The van der Waals surface area contributed by atoms with Crippen molar-refractivity contribution in [2.24, 2.45) is 0 Å². The predicted molar refractivity (Wildman–Crippen MR) is 84.7 cm³/mol. The minimum atomic E-state index is -1.33. The number of aromatic nitrogens is 4. The van der Waals surface area contributed by atoms with E-state index in [0.717, 1.165) is 12.1 Å². The number of fused-ring (bicyclic) bond motifs is 1. The highest BCUT2D eigenvalue weighted by atomic mass is 35.5. The summed E-state index contributed by atoms with van der Waals surface area (Å²) < 4.78 is 43.7. The third-order valence-corrected chi connectivity index (χ3v) is 3.99. The van der Waals surface area contributed by atoms with Crippen LogP contribution < -0.4 is 4.90 Å². The van der Waals surface area contributed by atoms with Crippen molar-refractivity contribution >= 4 is 23.2 Å². The largest absolute Gasteiger partial charge is 0.356 e. The molecule has 0 bridgehead atoms. The molecule has 0 aliphatic heterocycles. The van der Waals surface area contributed by atoms with Crippen LogP contribution in [0.15, 0.2) is 18.5 Å². The predicted octanol–water partition coefficient (Wildman–Crippen LogP) is 3.71. The van der Waals surface area contributed by atoms with E-state index >= 15 is 0 Å². The van der Waals surface area contributed by atoms with Crippen LogP contribution in [0, 0.1) is 17.5 Å². The maximum absolute atomic E-state index is 14.3. The van der Waals surface area contributed by atoms with Crippen LogP contribution in [-0.4, -0.2) is 32.7 Å². The van der Waals surface area contributed by atoms with Crippen LogP contribution in [0.5, 0.6) is 0 Å². The van der Waals surface area contributed by atoms with Gasteiger partial charge in [0, 0.05) is 13.1 Å². The van der Waals surface area contributed by atoms with Crippen LogP contribution in [0.25, 0.3) is 16.9 Å². The van der Waals surface area contributed by atoms with Crippen LogP contribution in [0.1, 0.15) is 13.8 Å². The van der Waals surface area contributed by atoms with Gasteiger partial charge in [-0.2, -0.15) is 19.6 Å². The van der Waals surface area contributed by atoms with Crippen molar-refractivity contribution < 1.29 is 13.2 Å². The highest BCUT2D eigenvalue weighted by molar-refractivity contribution is 6.33. The number of anilines is 1. The summed E-state index contributed by atoms with van der Waals surface area (Å²) in [5.41, 5.74) is -0.639. The Kier molecular flexibility index (Phi) is 4.31. The molecule has 0 radical (unpaired) electrons. The lowest BCUT2D eigenvalue weighted by Gasteiger charge is -2.25. The molecule has 2 heterocycles. The Bertz CT molecular complexity index is 908. The van der Waals surface area contributed by atoms with Gasteiger partial charge in [-0.3, -0.25) is 0 Å². The topological polar surface area (TPSA) is 46.3 Å². The maximum atomic E-state index is 14.3. The Hall–Kier alpha value is -2.35. The van der Waals surface area contributed by atoms with Crippen molar-refractivity contribution in [2.75, 3.05) is 18.0 Å². The fourth-order valence-electron chi connectivity index (χ4n) is 2.59. The molecule has 0 N–H and O–H groups in total. The Balaban J connectivity index is 2.46. The molecule has 1 aromatic carbocycles. The molecule has 0 aliphatic carbocycles. The quantitative estimate of drug-likeness (QED) is 0.529. The molecule has 9 heteroatoms. The Morgan fingerprint density at radius 2 is 1.75 bits per heavy atom. The molecule has 0 amide bonds. The van der Waals surface area contributed by atoms with Gasteiger partial charge >= 0.3 is 0 Å². The zero-order valence-electron chi connectivity index (χ0n) is 12.9. The van der Waals surface area contributed by atoms with E-state index in [1.54, 1.807) is 4.90 Å². The standard InChI is InChI=1S/C15H13ClF3N5/c1-3-23(4-2)14-11(10-8(17)5-6-9(18)12(10)19)13(16)22-15-20-7-21-24(14)15/h5-7H,3-4H2,1-2H3. The summed E-state index contributed by atoms with van der Waals surface area (Å²) in [5.74, 6) is -2.96. The van der Waals surface area contributed by atoms with Gasteiger partial charge in [0.15, 0.2) is 11.6 Å². The first kappa shape index (κ1) is 16.5. The van der Waals surface area contributed by atoms with E-state index in [0.29, 0.717) is 18.9 Å². The van der Waals surface area contributed by atoms with E-state index in [2.05, 4.69) is 15.1 Å². The Morgan fingerprint density at radius 3 is 2.42 bits per heavy atom. The minimum Gasteiger partial charge on any atom is -0.356 e. The molecule has 3 aromatic rings. The van der Waals surface area contributed by atoms with Crippen molar-refractivity contribution in [2.45, 2.75) is 13.8 Å². The molecular weight excluding hydrogens is 343 g/mol. The second kappa shape index (κ2) is 6.27. The number of hydrogen-bond donors (Lipinski definition) is 0. The summed E-state index contributed by atoms with van der Waals surface area (Å²) in [5, 5.41) is 3.87. The summed E-state index contributed by atoms with van der Waals surface area (Å²) in [6.07, 6.45) is 1.26. The number of nitrogens with zero attached hydrogens (tertiary/aromatic N) is 5. The maximum Gasteiger partial charge on any atom is 0.255 e. The molecule has 3 rings (SSSR count). The SMILES string of the molecule is CCN(CC)c1c(-c2c(F)ccc(F)c2F)c(Cl)nc2ncnn12. The minimum absolute atomic E-state index is 0.0622. The third kappa shape index (κ3) is 2.47. The van der Waals surface area contributed by atoms with E-state index in [9.17, 15) is 13.2 Å². The van der Waals surface area contributed by atoms with Crippen LogP contribution in [0.3, 0.4) is 0 Å². The molecule has 0 aliphatic rings. The average molecular weight is 356 g/mol. The van der Waals surface area contributed by atoms with Crippen LogP contribution >= 0.6 is 11.6 Å². The van der Waals surface area contributed by atoms with Gasteiger partial charge in [-0.05, 0) is 26.0 Å². The number of hydrogen-bond acceptors (Lipinski definition) is 4. The lowest BCUT2D eigenvalue weighted by Crippen LogP contribution is -2.26. The summed E-state index contributed by atoms with van der Waals surface area (Å²) in [7, 11) is 0. The van der Waals surface area contributed by atoms with Crippen molar-refractivity contribution in [1.29, 1.82) is 0 Å². The van der Waals surface area contributed by atoms with Crippen LogP contribution in [-0.2, 0) is 0 Å². The zero-order valence-corrected chi connectivity index (χ0v) is 13.7. The van der Waals surface area contributed by atoms with Crippen molar-refractivity contribution in [1.82, 2.24) is 19.6 Å². The molecule has 24 heavy (non-hydrogen) atoms. The van der Waals surface area contributed by atoms with Gasteiger partial charge < -0.3 is 4.90 Å². The van der Waals surface area contributed by atoms with Gasteiger partial charge in [-0.1, -0.05) is 11.6 Å². The zero-order chi connectivity index (χ0) is 17.4. The van der Waals surface area contributed by atoms with Crippen molar-refractivity contribution in [3.63, 3.8) is 0 Å². The van der Waals surface area contributed by atoms with Gasteiger partial charge in [-0.15, -0.1) is 0 Å². The molecule has 0 saturated carbocycles. The van der Waals surface area contributed by atoms with E-state index in [1.165, 1.54) is 10.8 Å². The lowest BCUT2D eigenvalue weighted by molar-refractivity contribution is 0.499. The lowest BCUT2D eigenvalue weighted by atomic mass is 10.1. The third-order valence-electron chi connectivity index (χ3n) is 3.72. The average Bonchev–Trinajstić information content (AvgIpc) is 3.02. The molecule has 5 nitrogen and oxygen atoms in total. The van der Waals surface area contributed by atoms with E-state index in [4.69, 9.17) is 11.6 Å². The second-order valence-corrected chi connectivity index (χ2v) is 5.32. The fraction of sp³-hybridized carbons (Fsp3) is 0.267. The summed E-state index contributed by atoms with van der Waals surface area (Å²) >= 11 is 6.18. The van der Waals surface area contributed by atoms with Crippen LogP contribution in [0.2, 0.25) is 5.15 Å². The van der Waals surface area contributed by atoms with Gasteiger partial charge in [0.25, 0.3) is 5.78 Å². The summed E-state index contributed by atoms with van der Waals surface area (Å²) in [6, 6.07) is 1.57. The normalized spacial score (nSPS) is 11.2. The van der Waals surface area contributed by atoms with Gasteiger partial charge in [0.2, 0.25) is 0 Å².